The molecule has 37 heavy (non-hydrogen) atoms. The quantitative estimate of drug-likeness (QED) is 0.180. The smallest absolute Gasteiger partial charge is 0.227 e. The van der Waals surface area contributed by atoms with Crippen LogP contribution in [0.2, 0.25) is 0 Å². The Morgan fingerprint density at radius 3 is 2.57 bits per heavy atom. The Morgan fingerprint density at radius 1 is 1.11 bits per heavy atom. The number of para-hydroxylation sites is 1. The minimum atomic E-state index is -0.717. The first-order valence-corrected chi connectivity index (χ1v) is 12.3. The Morgan fingerprint density at radius 2 is 1.89 bits per heavy atom. The summed E-state index contributed by atoms with van der Waals surface area (Å²) in [6.45, 7) is 7.48. The predicted molar refractivity (Wildman–Crippen MR) is 139 cm³/mol. The summed E-state index contributed by atoms with van der Waals surface area (Å²) in [6.07, 6.45) is 3.22. The van der Waals surface area contributed by atoms with Gasteiger partial charge in [0.1, 0.15) is 17.3 Å². The molecule has 0 amide bonds. The molecule has 1 N–H and O–H groups in total. The van der Waals surface area contributed by atoms with E-state index in [0.717, 1.165) is 17.0 Å². The van der Waals surface area contributed by atoms with Crippen LogP contribution in [0, 0.1) is 5.82 Å². The van der Waals surface area contributed by atoms with E-state index < -0.39 is 6.10 Å². The van der Waals surface area contributed by atoms with Gasteiger partial charge in [0.15, 0.2) is 0 Å². The van der Waals surface area contributed by atoms with E-state index in [2.05, 4.69) is 11.5 Å². The number of aryl methyl sites for hydroxylation is 1. The Balaban J connectivity index is 1.70. The first kappa shape index (κ1) is 26.3. The fraction of sp³-hybridized carbons (Fsp3) is 0.276. The summed E-state index contributed by atoms with van der Waals surface area (Å²) in [6, 6.07) is 19.3. The van der Waals surface area contributed by atoms with Gasteiger partial charge in [-0.15, -0.1) is 6.58 Å². The number of hydrogen-bond acceptors (Lipinski definition) is 6. The van der Waals surface area contributed by atoms with Crippen molar-refractivity contribution in [3.63, 3.8) is 0 Å². The third kappa shape index (κ3) is 7.16. The van der Waals surface area contributed by atoms with Crippen LogP contribution in [-0.2, 0) is 24.2 Å². The highest BCUT2D eigenvalue weighted by Gasteiger charge is 2.24. The highest BCUT2D eigenvalue weighted by atomic mass is 19.1. The average molecular weight is 506 g/mol. The maximum absolute atomic E-state index is 13.7. The maximum Gasteiger partial charge on any atom is 0.227 e. The summed E-state index contributed by atoms with van der Waals surface area (Å²) >= 11 is 0. The van der Waals surface area contributed by atoms with E-state index in [9.17, 15) is 9.50 Å². The lowest BCUT2D eigenvalue weighted by Crippen LogP contribution is -2.34. The molecule has 0 spiro atoms. The van der Waals surface area contributed by atoms with Gasteiger partial charge in [0.25, 0.3) is 0 Å². The lowest BCUT2D eigenvalue weighted by atomic mass is 10.1. The van der Waals surface area contributed by atoms with Crippen LogP contribution in [0.15, 0.2) is 90.1 Å². The minimum absolute atomic E-state index is 0.184. The van der Waals surface area contributed by atoms with E-state index in [1.54, 1.807) is 29.2 Å². The minimum Gasteiger partial charge on any atom is -0.468 e. The molecule has 8 heteroatoms. The lowest BCUT2D eigenvalue weighted by Gasteiger charge is -2.24. The zero-order valence-electron chi connectivity index (χ0n) is 20.9. The average Bonchev–Trinajstić information content (AvgIpc) is 3.53. The van der Waals surface area contributed by atoms with E-state index in [0.29, 0.717) is 50.0 Å². The zero-order valence-corrected chi connectivity index (χ0v) is 20.9. The molecule has 0 bridgehead atoms. The van der Waals surface area contributed by atoms with E-state index in [1.165, 1.54) is 12.1 Å². The van der Waals surface area contributed by atoms with Gasteiger partial charge in [-0.2, -0.15) is 5.10 Å². The third-order valence-corrected chi connectivity index (χ3v) is 5.74. The van der Waals surface area contributed by atoms with Crippen LogP contribution in [0.25, 0.3) is 5.69 Å². The second-order valence-electron chi connectivity index (χ2n) is 8.62. The highest BCUT2D eigenvalue weighted by Crippen LogP contribution is 2.32. The molecule has 0 saturated heterocycles. The van der Waals surface area contributed by atoms with Crippen LogP contribution in [0.4, 0.5) is 4.39 Å². The van der Waals surface area contributed by atoms with Gasteiger partial charge in [-0.1, -0.05) is 31.2 Å². The molecule has 0 aliphatic rings. The summed E-state index contributed by atoms with van der Waals surface area (Å²) in [5.41, 5.74) is 2.40. The molecule has 0 unspecified atom stereocenters. The van der Waals surface area contributed by atoms with Crippen molar-refractivity contribution in [2.75, 3.05) is 19.8 Å². The van der Waals surface area contributed by atoms with Crippen LogP contribution >= 0.6 is 0 Å². The standard InChI is InChI=1S/C29H32FN3O4/c1-3-16-35-21-24(34)18-32(19-26-11-8-17-36-26)20-27-28(4-2)31-33(23-14-12-22(30)13-15-23)29(27)37-25-9-6-5-7-10-25/h3,5-15,17,24,34H,1,4,16,18-21H2,2H3/t24-/m1/s1. The van der Waals surface area contributed by atoms with E-state index in [4.69, 9.17) is 19.0 Å². The SMILES string of the molecule is C=CCOC[C@H](O)CN(Cc1ccco1)Cc1c(CC)nn(-c2ccc(F)cc2)c1Oc1ccccc1. The van der Waals surface area contributed by atoms with Crippen molar-refractivity contribution >= 4 is 0 Å². The van der Waals surface area contributed by atoms with E-state index in [1.807, 2.05) is 49.4 Å². The van der Waals surface area contributed by atoms with E-state index >= 15 is 0 Å². The summed E-state index contributed by atoms with van der Waals surface area (Å²) in [5, 5.41) is 15.5. The lowest BCUT2D eigenvalue weighted by molar-refractivity contribution is 0.0214. The van der Waals surface area contributed by atoms with Crippen LogP contribution in [0.3, 0.4) is 0 Å². The Hall–Kier alpha value is -3.72. The number of ether oxygens (including phenoxy) is 2. The van der Waals surface area contributed by atoms with Gasteiger partial charge >= 0.3 is 0 Å². The predicted octanol–water partition coefficient (Wildman–Crippen LogP) is 5.52. The number of benzene rings is 2. The van der Waals surface area contributed by atoms with Crippen LogP contribution in [0.1, 0.15) is 23.9 Å². The molecule has 1 atom stereocenters. The molecule has 2 aromatic carbocycles. The number of hydrogen-bond donors (Lipinski definition) is 1. The normalized spacial score (nSPS) is 12.1. The number of rotatable bonds is 14. The third-order valence-electron chi connectivity index (χ3n) is 5.74. The summed E-state index contributed by atoms with van der Waals surface area (Å²) < 4.78 is 32.8. The van der Waals surface area contributed by atoms with Crippen LogP contribution < -0.4 is 4.74 Å². The molecule has 4 aromatic rings. The number of nitrogens with zero attached hydrogens (tertiary/aromatic N) is 3. The Bertz CT molecular complexity index is 1240. The summed E-state index contributed by atoms with van der Waals surface area (Å²) in [4.78, 5) is 2.07. The summed E-state index contributed by atoms with van der Waals surface area (Å²) in [5.74, 6) is 1.64. The molecule has 0 fully saturated rings. The maximum atomic E-state index is 13.7. The monoisotopic (exact) mass is 505 g/mol. The molecule has 0 aliphatic carbocycles. The van der Waals surface area contributed by atoms with Gasteiger partial charge in [0.2, 0.25) is 5.88 Å². The van der Waals surface area contributed by atoms with Gasteiger partial charge in [-0.05, 0) is 55.0 Å². The van der Waals surface area contributed by atoms with Gasteiger partial charge in [-0.25, -0.2) is 9.07 Å². The van der Waals surface area contributed by atoms with Gasteiger partial charge in [0, 0.05) is 13.1 Å². The zero-order chi connectivity index (χ0) is 26.0. The number of aliphatic hydroxyl groups excluding tert-OH is 1. The summed E-state index contributed by atoms with van der Waals surface area (Å²) in [7, 11) is 0. The largest absolute Gasteiger partial charge is 0.468 e. The van der Waals surface area contributed by atoms with Crippen LogP contribution in [0.5, 0.6) is 11.6 Å². The fourth-order valence-corrected chi connectivity index (χ4v) is 4.05. The Labute approximate surface area is 216 Å². The molecule has 0 aliphatic heterocycles. The number of furan rings is 1. The molecular formula is C29H32FN3O4. The number of halogens is 1. The van der Waals surface area contributed by atoms with Crippen molar-refractivity contribution in [3.05, 3.63) is 108 Å². The molecule has 2 aromatic heterocycles. The number of aromatic nitrogens is 2. The van der Waals surface area contributed by atoms with E-state index in [-0.39, 0.29) is 12.4 Å². The fourth-order valence-electron chi connectivity index (χ4n) is 4.05. The second kappa shape index (κ2) is 13.0. The van der Waals surface area contributed by atoms with Crippen molar-refractivity contribution in [3.8, 4) is 17.3 Å². The first-order valence-electron chi connectivity index (χ1n) is 12.3. The highest BCUT2D eigenvalue weighted by molar-refractivity contribution is 5.44. The van der Waals surface area contributed by atoms with Gasteiger partial charge < -0.3 is 19.0 Å². The molecule has 0 radical (unpaired) electrons. The van der Waals surface area contributed by atoms with Gasteiger partial charge in [-0.3, -0.25) is 4.90 Å². The van der Waals surface area contributed by atoms with Gasteiger partial charge in [0.05, 0.1) is 49.1 Å². The van der Waals surface area contributed by atoms with Crippen molar-refractivity contribution in [2.24, 2.45) is 0 Å². The Kier molecular flexibility index (Phi) is 9.26. The topological polar surface area (TPSA) is 72.9 Å². The van der Waals surface area contributed by atoms with Crippen LogP contribution in [-0.4, -0.2) is 45.6 Å². The molecule has 7 nitrogen and oxygen atoms in total. The molecule has 0 saturated carbocycles. The van der Waals surface area contributed by atoms with Crippen molar-refractivity contribution in [2.45, 2.75) is 32.5 Å². The molecule has 4 rings (SSSR count). The van der Waals surface area contributed by atoms with Crippen molar-refractivity contribution in [1.29, 1.82) is 0 Å². The van der Waals surface area contributed by atoms with Crippen molar-refractivity contribution < 1.29 is 23.4 Å². The second-order valence-corrected chi connectivity index (χ2v) is 8.62. The van der Waals surface area contributed by atoms with Crippen molar-refractivity contribution in [1.82, 2.24) is 14.7 Å². The molecular weight excluding hydrogens is 473 g/mol. The number of aliphatic hydroxyl groups is 1. The first-order chi connectivity index (χ1) is 18.1. The molecule has 2 heterocycles. The molecule has 194 valence electrons.